The van der Waals surface area contributed by atoms with Crippen molar-refractivity contribution in [1.82, 2.24) is 5.48 Å². The first-order chi connectivity index (χ1) is 3.95. The van der Waals surface area contributed by atoms with E-state index in [9.17, 15) is 0 Å². The lowest BCUT2D eigenvalue weighted by Crippen LogP contribution is -2.22. The van der Waals surface area contributed by atoms with Gasteiger partial charge in [0.15, 0.2) is 0 Å². The van der Waals surface area contributed by atoms with Gasteiger partial charge in [-0.3, -0.25) is 10.7 Å². The standard InChI is InChI=1S/C6H13NOS/c1-6(2,3)4-5(9)7-8/h8H,4H2,1-3H3,(H,7,9). The van der Waals surface area contributed by atoms with E-state index < -0.39 is 0 Å². The predicted molar refractivity (Wildman–Crippen MR) is 41.6 cm³/mol. The normalized spacial score (nSPS) is 11.1. The Morgan fingerprint density at radius 3 is 2.11 bits per heavy atom. The van der Waals surface area contributed by atoms with E-state index in [0.29, 0.717) is 4.99 Å². The number of thiocarbonyl (C=S) groups is 1. The van der Waals surface area contributed by atoms with E-state index in [-0.39, 0.29) is 5.41 Å². The van der Waals surface area contributed by atoms with Crippen molar-refractivity contribution in [3.8, 4) is 0 Å². The van der Waals surface area contributed by atoms with Crippen LogP contribution in [0.2, 0.25) is 0 Å². The van der Waals surface area contributed by atoms with Gasteiger partial charge >= 0.3 is 0 Å². The van der Waals surface area contributed by atoms with Gasteiger partial charge in [-0.25, -0.2) is 0 Å². The van der Waals surface area contributed by atoms with Crippen molar-refractivity contribution in [2.24, 2.45) is 5.41 Å². The molecule has 2 N–H and O–H groups in total. The smallest absolute Gasteiger partial charge is 0.101 e. The van der Waals surface area contributed by atoms with Crippen molar-refractivity contribution < 1.29 is 5.21 Å². The fraction of sp³-hybridized carbons (Fsp3) is 0.833. The van der Waals surface area contributed by atoms with E-state index >= 15 is 0 Å². The highest BCUT2D eigenvalue weighted by molar-refractivity contribution is 7.80. The molecule has 3 heteroatoms. The van der Waals surface area contributed by atoms with E-state index in [1.807, 2.05) is 5.48 Å². The molecule has 0 aliphatic carbocycles. The Bertz CT molecular complexity index is 106. The molecule has 0 aromatic rings. The van der Waals surface area contributed by atoms with Crippen LogP contribution in [0.25, 0.3) is 0 Å². The summed E-state index contributed by atoms with van der Waals surface area (Å²) in [5.74, 6) is 0. The Hall–Kier alpha value is -0.150. The highest BCUT2D eigenvalue weighted by atomic mass is 32.1. The van der Waals surface area contributed by atoms with Gasteiger partial charge in [0.05, 0.1) is 0 Å². The van der Waals surface area contributed by atoms with Crippen molar-refractivity contribution in [3.05, 3.63) is 0 Å². The Morgan fingerprint density at radius 2 is 2.00 bits per heavy atom. The molecule has 0 spiro atoms. The van der Waals surface area contributed by atoms with Crippen molar-refractivity contribution in [2.75, 3.05) is 0 Å². The predicted octanol–water partition coefficient (Wildman–Crippen LogP) is 1.73. The van der Waals surface area contributed by atoms with Gasteiger partial charge in [0.1, 0.15) is 4.99 Å². The summed E-state index contributed by atoms with van der Waals surface area (Å²) in [6, 6.07) is 0. The molecule has 0 aliphatic rings. The van der Waals surface area contributed by atoms with Crippen LogP contribution in [0.1, 0.15) is 27.2 Å². The second-order valence-electron chi connectivity index (χ2n) is 3.27. The molecule has 54 valence electrons. The SMILES string of the molecule is CC(C)(C)CC(=S)NO. The molecule has 0 amide bonds. The zero-order valence-electron chi connectivity index (χ0n) is 6.06. The molecule has 0 aliphatic heterocycles. The van der Waals surface area contributed by atoms with E-state index in [1.165, 1.54) is 0 Å². The molecule has 2 nitrogen and oxygen atoms in total. The summed E-state index contributed by atoms with van der Waals surface area (Å²) in [6.07, 6.45) is 0.721. The average Bonchev–Trinajstić information content (AvgIpc) is 1.62. The van der Waals surface area contributed by atoms with Gasteiger partial charge in [0.2, 0.25) is 0 Å². The van der Waals surface area contributed by atoms with Crippen LogP contribution in [0.3, 0.4) is 0 Å². The molecule has 0 rings (SSSR count). The lowest BCUT2D eigenvalue weighted by molar-refractivity contribution is 0.230. The number of rotatable bonds is 1. The second-order valence-corrected chi connectivity index (χ2v) is 3.77. The molecule has 0 heterocycles. The maximum absolute atomic E-state index is 8.31. The molecular formula is C6H13NOS. The third-order valence-electron chi connectivity index (χ3n) is 0.816. The molecule has 0 radical (unpaired) electrons. The maximum Gasteiger partial charge on any atom is 0.101 e. The van der Waals surface area contributed by atoms with Crippen LogP contribution in [0.4, 0.5) is 0 Å². The van der Waals surface area contributed by atoms with E-state index in [4.69, 9.17) is 17.4 Å². The van der Waals surface area contributed by atoms with Gasteiger partial charge in [-0.1, -0.05) is 33.0 Å². The minimum Gasteiger partial charge on any atom is -0.291 e. The molecular weight excluding hydrogens is 134 g/mol. The van der Waals surface area contributed by atoms with Gasteiger partial charge in [0.25, 0.3) is 0 Å². The average molecular weight is 147 g/mol. The Morgan fingerprint density at radius 1 is 1.56 bits per heavy atom. The van der Waals surface area contributed by atoms with Crippen LogP contribution in [0.5, 0.6) is 0 Å². The quantitative estimate of drug-likeness (QED) is 0.437. The van der Waals surface area contributed by atoms with Gasteiger partial charge in [-0.2, -0.15) is 0 Å². The van der Waals surface area contributed by atoms with Crippen LogP contribution >= 0.6 is 12.2 Å². The summed E-state index contributed by atoms with van der Waals surface area (Å²) in [6.45, 7) is 6.20. The largest absolute Gasteiger partial charge is 0.291 e. The first kappa shape index (κ1) is 8.85. The third kappa shape index (κ3) is 5.73. The van der Waals surface area contributed by atoms with E-state index in [1.54, 1.807) is 0 Å². The number of hydroxylamine groups is 1. The highest BCUT2D eigenvalue weighted by Gasteiger charge is 2.11. The molecule has 0 saturated heterocycles. The Labute approximate surface area is 61.2 Å². The fourth-order valence-corrected chi connectivity index (χ4v) is 0.954. The zero-order chi connectivity index (χ0) is 7.49. The summed E-state index contributed by atoms with van der Waals surface area (Å²) in [4.78, 5) is 0.502. The number of nitrogens with one attached hydrogen (secondary N) is 1. The van der Waals surface area contributed by atoms with Crippen LogP contribution in [-0.4, -0.2) is 10.2 Å². The van der Waals surface area contributed by atoms with Crippen molar-refractivity contribution in [1.29, 1.82) is 0 Å². The summed E-state index contributed by atoms with van der Waals surface area (Å²) in [5, 5.41) is 8.31. The summed E-state index contributed by atoms with van der Waals surface area (Å²) in [5.41, 5.74) is 2.11. The molecule has 0 unspecified atom stereocenters. The monoisotopic (exact) mass is 147 g/mol. The molecule has 0 atom stereocenters. The maximum atomic E-state index is 8.31. The summed E-state index contributed by atoms with van der Waals surface area (Å²) in [7, 11) is 0. The van der Waals surface area contributed by atoms with Crippen LogP contribution in [0, 0.1) is 5.41 Å². The molecule has 9 heavy (non-hydrogen) atoms. The minimum absolute atomic E-state index is 0.160. The van der Waals surface area contributed by atoms with Crippen molar-refractivity contribution in [3.63, 3.8) is 0 Å². The first-order valence-corrected chi connectivity index (χ1v) is 3.29. The van der Waals surface area contributed by atoms with E-state index in [2.05, 4.69) is 20.8 Å². The first-order valence-electron chi connectivity index (χ1n) is 2.88. The van der Waals surface area contributed by atoms with Gasteiger partial charge in [0, 0.05) is 6.42 Å². The number of hydrogen-bond donors (Lipinski definition) is 2. The minimum atomic E-state index is 0.160. The highest BCUT2D eigenvalue weighted by Crippen LogP contribution is 2.17. The van der Waals surface area contributed by atoms with Gasteiger partial charge in [-0.05, 0) is 5.41 Å². The molecule has 0 fully saturated rings. The van der Waals surface area contributed by atoms with Crippen LogP contribution in [-0.2, 0) is 0 Å². The van der Waals surface area contributed by atoms with Crippen molar-refractivity contribution in [2.45, 2.75) is 27.2 Å². The summed E-state index contributed by atoms with van der Waals surface area (Å²) < 4.78 is 0. The second kappa shape index (κ2) is 3.13. The molecule has 0 saturated carbocycles. The zero-order valence-corrected chi connectivity index (χ0v) is 6.88. The lowest BCUT2D eigenvalue weighted by Gasteiger charge is -2.17. The Balaban J connectivity index is 3.60. The Kier molecular flexibility index (Phi) is 3.08. The topological polar surface area (TPSA) is 32.3 Å². The van der Waals surface area contributed by atoms with Crippen LogP contribution in [0.15, 0.2) is 0 Å². The summed E-state index contributed by atoms with van der Waals surface area (Å²) >= 11 is 4.74. The fourth-order valence-electron chi connectivity index (χ4n) is 0.521. The van der Waals surface area contributed by atoms with E-state index in [0.717, 1.165) is 6.42 Å². The lowest BCUT2D eigenvalue weighted by atomic mass is 9.92. The van der Waals surface area contributed by atoms with Crippen LogP contribution < -0.4 is 5.48 Å². The molecule has 0 aromatic carbocycles. The number of hydrogen-bond acceptors (Lipinski definition) is 2. The van der Waals surface area contributed by atoms with Gasteiger partial charge < -0.3 is 0 Å². The third-order valence-corrected chi connectivity index (χ3v) is 1.05. The molecule has 0 bridgehead atoms. The van der Waals surface area contributed by atoms with Crippen molar-refractivity contribution >= 4 is 17.2 Å². The molecule has 0 aromatic heterocycles. The van der Waals surface area contributed by atoms with Gasteiger partial charge in [-0.15, -0.1) is 0 Å².